The summed E-state index contributed by atoms with van der Waals surface area (Å²) in [7, 11) is -2.37. The fraction of sp³-hybridized carbons (Fsp3) is 0.576. The molecule has 5 atom stereocenters. The topological polar surface area (TPSA) is 206 Å². The first-order valence-corrected chi connectivity index (χ1v) is 17.8. The minimum atomic E-state index is -3.91. The molecule has 266 valence electrons. The highest BCUT2D eigenvalue weighted by Crippen LogP contribution is 2.45. The Kier molecular flexibility index (Phi) is 9.58. The van der Waals surface area contributed by atoms with Crippen molar-refractivity contribution in [1.29, 1.82) is 0 Å². The molecule has 15 nitrogen and oxygen atoms in total. The van der Waals surface area contributed by atoms with Gasteiger partial charge in [0.05, 0.1) is 29.9 Å². The zero-order chi connectivity index (χ0) is 36.1. The minimum Gasteiger partial charge on any atom is -0.497 e. The van der Waals surface area contributed by atoms with Crippen molar-refractivity contribution in [2.75, 3.05) is 13.7 Å². The maximum Gasteiger partial charge on any atom is 0.405 e. The zero-order valence-corrected chi connectivity index (χ0v) is 29.3. The van der Waals surface area contributed by atoms with E-state index < -0.39 is 74.1 Å². The van der Waals surface area contributed by atoms with Crippen LogP contribution in [0.3, 0.4) is 0 Å². The summed E-state index contributed by atoms with van der Waals surface area (Å²) in [6.45, 7) is 12.6. The molecule has 1 aromatic heterocycles. The Hall–Kier alpha value is -4.47. The number of likely N-dealkylation sites (tertiary alicyclic amines) is 1. The van der Waals surface area contributed by atoms with Crippen molar-refractivity contribution in [3.05, 3.63) is 36.5 Å². The van der Waals surface area contributed by atoms with Crippen molar-refractivity contribution >= 4 is 44.9 Å². The maximum absolute atomic E-state index is 14.1. The zero-order valence-electron chi connectivity index (χ0n) is 28.5. The normalized spacial score (nSPS) is 24.2. The van der Waals surface area contributed by atoms with E-state index in [1.54, 1.807) is 39.0 Å². The Morgan fingerprint density at radius 1 is 1.14 bits per heavy atom. The van der Waals surface area contributed by atoms with E-state index in [2.05, 4.69) is 21.9 Å². The van der Waals surface area contributed by atoms with Crippen LogP contribution < -0.4 is 24.8 Å². The average molecular weight is 701 g/mol. The van der Waals surface area contributed by atoms with Crippen LogP contribution in [0.25, 0.3) is 11.0 Å². The predicted octanol–water partition coefficient (Wildman–Crippen LogP) is 2.46. The highest BCUT2D eigenvalue weighted by molar-refractivity contribution is 7.91. The van der Waals surface area contributed by atoms with Gasteiger partial charge in [-0.15, -0.1) is 6.58 Å². The molecule has 49 heavy (non-hydrogen) atoms. The number of nitrogens with zero attached hydrogens (tertiary/aromatic N) is 3. The Balaban J connectivity index is 1.47. The van der Waals surface area contributed by atoms with Crippen molar-refractivity contribution in [1.82, 2.24) is 30.2 Å². The first-order chi connectivity index (χ1) is 22.9. The van der Waals surface area contributed by atoms with Crippen LogP contribution in [0, 0.1) is 11.3 Å². The lowest BCUT2D eigenvalue weighted by Crippen LogP contribution is -2.60. The molecule has 3 aliphatic rings. The van der Waals surface area contributed by atoms with Gasteiger partial charge in [0.15, 0.2) is 0 Å². The summed E-state index contributed by atoms with van der Waals surface area (Å²) in [4.78, 5) is 64.0. The van der Waals surface area contributed by atoms with Gasteiger partial charge in [-0.05, 0) is 36.8 Å². The molecule has 2 aromatic rings. The lowest BCUT2D eigenvalue weighted by molar-refractivity contribution is -0.142. The first kappa shape index (κ1) is 35.8. The molecular weight excluding hydrogens is 656 g/mol. The molecule has 0 bridgehead atoms. The third kappa shape index (κ3) is 7.43. The summed E-state index contributed by atoms with van der Waals surface area (Å²) in [6.07, 6.45) is 0.251. The summed E-state index contributed by atoms with van der Waals surface area (Å²) in [6, 6.07) is 2.83. The number of amides is 4. The van der Waals surface area contributed by atoms with Gasteiger partial charge in [0.2, 0.25) is 27.7 Å². The van der Waals surface area contributed by atoms with E-state index in [9.17, 15) is 32.7 Å². The van der Waals surface area contributed by atoms with Gasteiger partial charge in [0, 0.05) is 24.3 Å². The highest BCUT2D eigenvalue weighted by Gasteiger charge is 2.62. The summed E-state index contributed by atoms with van der Waals surface area (Å²) in [5.74, 6) is -2.12. The van der Waals surface area contributed by atoms with E-state index in [4.69, 9.17) is 19.4 Å². The Bertz CT molecular complexity index is 1790. The van der Waals surface area contributed by atoms with Crippen LogP contribution in [0.5, 0.6) is 11.6 Å². The van der Waals surface area contributed by atoms with Crippen LogP contribution in [-0.4, -0.2) is 94.8 Å². The lowest BCUT2D eigenvalue weighted by Gasteiger charge is -2.35. The molecule has 1 unspecified atom stereocenters. The molecule has 2 saturated carbocycles. The second-order valence-electron chi connectivity index (χ2n) is 14.3. The number of aromatic nitrogens is 2. The second-order valence-corrected chi connectivity index (χ2v) is 16.3. The quantitative estimate of drug-likeness (QED) is 0.237. The Morgan fingerprint density at radius 2 is 1.84 bits per heavy atom. The first-order valence-electron chi connectivity index (χ1n) is 16.2. The van der Waals surface area contributed by atoms with E-state index >= 15 is 0 Å². The monoisotopic (exact) mass is 700 g/mol. The van der Waals surface area contributed by atoms with Crippen LogP contribution in [-0.2, 0) is 24.4 Å². The summed E-state index contributed by atoms with van der Waals surface area (Å²) in [5, 5.41) is 13.9. The number of ether oxygens (including phenoxy) is 2. The van der Waals surface area contributed by atoms with E-state index in [1.807, 2.05) is 13.8 Å². The van der Waals surface area contributed by atoms with E-state index in [-0.39, 0.29) is 31.2 Å². The largest absolute Gasteiger partial charge is 0.497 e. The molecule has 1 saturated heterocycles. The minimum absolute atomic E-state index is 0.0340. The standard InChI is InChI=1S/C33H44N6O9S/c1-8-18-15-33(18,30(42)38-49(45,46)21-10-11-21)37-27(40)24-14-20(16-39(24)29(41)26(32(4,5)6)36-31(43)44)48-28-25(17(2)3)34-22-12-9-19(47-7)13-23(22)35-28/h8-9,12-13,17-18,20-21,24,26,36H,1,10-11,14-16H2,2-7H3,(H,37,40)(H,38,42)(H,43,44)/t18-,20-,24+,26?,33-/m1/s1. The summed E-state index contributed by atoms with van der Waals surface area (Å²) < 4.78 is 39.1. The van der Waals surface area contributed by atoms with Crippen molar-refractivity contribution in [3.8, 4) is 11.6 Å². The number of hydrogen-bond donors (Lipinski definition) is 4. The van der Waals surface area contributed by atoms with Crippen LogP contribution >= 0.6 is 0 Å². The average Bonchev–Trinajstić information content (AvgIpc) is 3.95. The Morgan fingerprint density at radius 3 is 2.39 bits per heavy atom. The lowest BCUT2D eigenvalue weighted by atomic mass is 9.85. The third-order valence-electron chi connectivity index (χ3n) is 9.17. The highest BCUT2D eigenvalue weighted by atomic mass is 32.2. The molecule has 4 N–H and O–H groups in total. The molecule has 1 aliphatic heterocycles. The van der Waals surface area contributed by atoms with Gasteiger partial charge in [-0.3, -0.25) is 19.1 Å². The molecule has 5 rings (SSSR count). The fourth-order valence-electron chi connectivity index (χ4n) is 6.11. The maximum atomic E-state index is 14.1. The predicted molar refractivity (Wildman–Crippen MR) is 178 cm³/mol. The number of benzene rings is 1. The van der Waals surface area contributed by atoms with Crippen LogP contribution in [0.2, 0.25) is 0 Å². The molecule has 4 amide bonds. The van der Waals surface area contributed by atoms with Crippen LogP contribution in [0.1, 0.15) is 71.9 Å². The van der Waals surface area contributed by atoms with E-state index in [0.717, 1.165) is 0 Å². The fourth-order valence-corrected chi connectivity index (χ4v) is 7.48. The number of fused-ring (bicyclic) bond motifs is 1. The number of methoxy groups -OCH3 is 1. The van der Waals surface area contributed by atoms with Gasteiger partial charge in [-0.1, -0.05) is 40.7 Å². The summed E-state index contributed by atoms with van der Waals surface area (Å²) in [5.41, 5.74) is -0.770. The number of hydrogen-bond acceptors (Lipinski definition) is 10. The van der Waals surface area contributed by atoms with Crippen molar-refractivity contribution in [2.24, 2.45) is 11.3 Å². The van der Waals surface area contributed by atoms with Crippen molar-refractivity contribution in [3.63, 3.8) is 0 Å². The van der Waals surface area contributed by atoms with Crippen molar-refractivity contribution < 1.29 is 42.2 Å². The SMILES string of the molecule is C=C[C@@H]1C[C@]1(NC(=O)[C@@H]1C[C@@H](Oc2nc3cc(OC)ccc3nc2C(C)C)CN1C(=O)C(NC(=O)O)C(C)(C)C)C(=O)NS(=O)(=O)C1CC1. The number of carbonyl (C=O) groups excluding carboxylic acids is 3. The third-order valence-corrected chi connectivity index (χ3v) is 11.0. The Labute approximate surface area is 285 Å². The number of sulfonamides is 1. The van der Waals surface area contributed by atoms with Gasteiger partial charge in [-0.25, -0.2) is 23.2 Å². The second kappa shape index (κ2) is 13.1. The van der Waals surface area contributed by atoms with Gasteiger partial charge in [0.25, 0.3) is 5.91 Å². The summed E-state index contributed by atoms with van der Waals surface area (Å²) >= 11 is 0. The van der Waals surface area contributed by atoms with Gasteiger partial charge < -0.3 is 30.1 Å². The number of nitrogens with one attached hydrogen (secondary N) is 3. The number of carboxylic acid groups (broad SMARTS) is 1. The number of rotatable bonds is 12. The molecule has 3 fully saturated rings. The molecule has 2 aliphatic carbocycles. The van der Waals surface area contributed by atoms with E-state index in [0.29, 0.717) is 35.3 Å². The molecule has 0 radical (unpaired) electrons. The van der Waals surface area contributed by atoms with Crippen LogP contribution in [0.15, 0.2) is 30.9 Å². The van der Waals surface area contributed by atoms with Gasteiger partial charge in [0.1, 0.15) is 35.2 Å². The molecule has 2 heterocycles. The molecule has 1 aromatic carbocycles. The molecule has 16 heteroatoms. The smallest absolute Gasteiger partial charge is 0.405 e. The molecule has 0 spiro atoms. The number of carbonyl (C=O) groups is 4. The molecular formula is C33H44N6O9S. The van der Waals surface area contributed by atoms with Crippen LogP contribution in [0.4, 0.5) is 4.79 Å². The van der Waals surface area contributed by atoms with Crippen molar-refractivity contribution in [2.45, 2.75) is 95.2 Å². The van der Waals surface area contributed by atoms with Gasteiger partial charge >= 0.3 is 6.09 Å². The van der Waals surface area contributed by atoms with E-state index in [1.165, 1.54) is 18.1 Å². The van der Waals surface area contributed by atoms with Gasteiger partial charge in [-0.2, -0.15) is 0 Å².